The lowest BCUT2D eigenvalue weighted by Crippen LogP contribution is -2.40. The van der Waals surface area contributed by atoms with E-state index in [4.69, 9.17) is 0 Å². The maximum atomic E-state index is 12.9. The van der Waals surface area contributed by atoms with E-state index in [0.29, 0.717) is 39.4 Å². The van der Waals surface area contributed by atoms with Crippen molar-refractivity contribution in [3.05, 3.63) is 0 Å². The molecule has 0 N–H and O–H groups in total. The minimum absolute atomic E-state index is 0.0293. The van der Waals surface area contributed by atoms with Crippen LogP contribution in [0.25, 0.3) is 0 Å². The third-order valence-electron chi connectivity index (χ3n) is 8.57. The molecule has 0 aromatic rings. The maximum Gasteiger partial charge on any atom is 0.389 e. The van der Waals surface area contributed by atoms with Crippen LogP contribution < -0.4 is 0 Å². The van der Waals surface area contributed by atoms with Gasteiger partial charge in [0.1, 0.15) is 0 Å². The predicted molar refractivity (Wildman–Crippen MR) is 106 cm³/mol. The molecule has 3 aliphatic carbocycles. The minimum atomic E-state index is -4.10. The Balaban J connectivity index is 1.58. The van der Waals surface area contributed by atoms with E-state index in [-0.39, 0.29) is 28.6 Å². The molecule has 0 nitrogen and oxygen atoms in total. The first-order valence-electron chi connectivity index (χ1n) is 11.1. The van der Waals surface area contributed by atoms with E-state index in [1.165, 1.54) is 0 Å². The van der Waals surface area contributed by atoms with Crippen molar-refractivity contribution in [2.75, 3.05) is 6.16 Å². The largest absolute Gasteiger partial charge is 0.389 e. The molecule has 0 saturated heterocycles. The molecule has 0 aromatic heterocycles. The summed E-state index contributed by atoms with van der Waals surface area (Å²) in [7, 11) is 0.634. The third-order valence-corrected chi connectivity index (χ3v) is 10.7. The van der Waals surface area contributed by atoms with Gasteiger partial charge < -0.3 is 0 Å². The Bertz CT molecular complexity index is 573. The molecule has 8 atom stereocenters. The zero-order valence-corrected chi connectivity index (χ0v) is 18.7. The molecule has 3 rings (SSSR count). The molecule has 29 heavy (non-hydrogen) atoms. The fraction of sp³-hybridized carbons (Fsp3) is 1.00. The van der Waals surface area contributed by atoms with Gasteiger partial charge in [-0.25, -0.2) is 0 Å². The molecular weight excluding hydrogens is 409 g/mol. The van der Waals surface area contributed by atoms with Crippen LogP contribution in [0.15, 0.2) is 0 Å². The molecule has 170 valence electrons. The van der Waals surface area contributed by atoms with Gasteiger partial charge in [0.2, 0.25) is 0 Å². The third kappa shape index (κ3) is 5.63. The normalized spacial score (nSPS) is 44.0. The second-order valence-corrected chi connectivity index (χ2v) is 12.3. The Morgan fingerprint density at radius 1 is 0.897 bits per heavy atom. The zero-order valence-electron chi connectivity index (χ0n) is 17.7. The molecule has 1 spiro atoms. The topological polar surface area (TPSA) is 0 Å². The average molecular weight is 444 g/mol. The highest BCUT2D eigenvalue weighted by atomic mass is 31.1. The molecule has 7 heteroatoms. The minimum Gasteiger partial charge on any atom is -0.171 e. The summed E-state index contributed by atoms with van der Waals surface area (Å²) >= 11 is 0. The van der Waals surface area contributed by atoms with E-state index < -0.39 is 25.2 Å². The van der Waals surface area contributed by atoms with Crippen molar-refractivity contribution in [3.63, 3.8) is 0 Å². The lowest BCUT2D eigenvalue weighted by molar-refractivity contribution is -0.151. The van der Waals surface area contributed by atoms with Crippen molar-refractivity contribution in [1.29, 1.82) is 0 Å². The summed E-state index contributed by atoms with van der Waals surface area (Å²) in [5, 5.41) is 0. The van der Waals surface area contributed by atoms with Gasteiger partial charge in [-0.3, -0.25) is 0 Å². The monoisotopic (exact) mass is 444 g/mol. The first-order chi connectivity index (χ1) is 13.2. The van der Waals surface area contributed by atoms with Gasteiger partial charge in [0.05, 0.1) is 0 Å². The Hall–Kier alpha value is 0.01000. The molecule has 0 aliphatic heterocycles. The van der Waals surface area contributed by atoms with Crippen LogP contribution in [0.5, 0.6) is 0 Å². The first kappa shape index (κ1) is 23.7. The van der Waals surface area contributed by atoms with Crippen molar-refractivity contribution in [2.45, 2.75) is 96.6 Å². The number of hydrogen-bond acceptors (Lipinski definition) is 0. The standard InChI is InChI=1S/C22H35F6P/c1-14-4-5-18(8-17(14)12-22(26,27)28)29-13-19(3)7-6-16(11-21(23,24)25)10-20(19)9-15(20)2/h14-18,29H,4-13H2,1-3H3/t14-,15?,16?,17?,18?,19+,20?/m0/s1. The summed E-state index contributed by atoms with van der Waals surface area (Å²) < 4.78 is 77.4. The molecule has 3 fully saturated rings. The fourth-order valence-electron chi connectivity index (χ4n) is 6.57. The van der Waals surface area contributed by atoms with Gasteiger partial charge in [-0.05, 0) is 91.3 Å². The first-order valence-corrected chi connectivity index (χ1v) is 12.4. The zero-order chi connectivity index (χ0) is 21.7. The Labute approximate surface area is 172 Å². The molecule has 0 amide bonds. The number of alkyl halides is 6. The van der Waals surface area contributed by atoms with Gasteiger partial charge in [-0.1, -0.05) is 20.8 Å². The summed E-state index contributed by atoms with van der Waals surface area (Å²) in [5.74, 6) is 0.0620. The molecule has 0 aromatic carbocycles. The molecule has 0 heterocycles. The highest BCUT2D eigenvalue weighted by molar-refractivity contribution is 7.38. The van der Waals surface area contributed by atoms with Crippen LogP contribution in [0.2, 0.25) is 0 Å². The van der Waals surface area contributed by atoms with Crippen molar-refractivity contribution in [3.8, 4) is 0 Å². The van der Waals surface area contributed by atoms with Crippen molar-refractivity contribution in [2.24, 2.45) is 34.5 Å². The van der Waals surface area contributed by atoms with E-state index in [0.717, 1.165) is 31.8 Å². The number of rotatable bonds is 5. The second kappa shape index (κ2) is 8.17. The summed E-state index contributed by atoms with van der Waals surface area (Å²) in [6, 6.07) is 0. The Morgan fingerprint density at radius 3 is 2.07 bits per heavy atom. The predicted octanol–water partition coefficient (Wildman–Crippen LogP) is 8.21. The van der Waals surface area contributed by atoms with E-state index in [1.807, 2.05) is 6.92 Å². The van der Waals surface area contributed by atoms with Crippen LogP contribution in [0.1, 0.15) is 78.6 Å². The van der Waals surface area contributed by atoms with E-state index >= 15 is 0 Å². The SMILES string of the molecule is CC1CC12CC(CC(F)(F)F)CC[C@]2(C)CPC1CC[C@H](C)C(CC(F)(F)F)C1. The molecule has 3 saturated carbocycles. The molecule has 0 bridgehead atoms. The van der Waals surface area contributed by atoms with Gasteiger partial charge >= 0.3 is 12.4 Å². The summed E-state index contributed by atoms with van der Waals surface area (Å²) in [6.07, 6.45) is -2.87. The van der Waals surface area contributed by atoms with E-state index in [2.05, 4.69) is 13.8 Å². The average Bonchev–Trinajstić information content (AvgIpc) is 3.20. The van der Waals surface area contributed by atoms with Crippen LogP contribution in [-0.4, -0.2) is 24.2 Å². The van der Waals surface area contributed by atoms with E-state index in [9.17, 15) is 26.3 Å². The van der Waals surface area contributed by atoms with Crippen LogP contribution in [0.3, 0.4) is 0 Å². The lowest BCUT2D eigenvalue weighted by atomic mass is 9.61. The Morgan fingerprint density at radius 2 is 1.52 bits per heavy atom. The highest BCUT2D eigenvalue weighted by Crippen LogP contribution is 2.72. The maximum absolute atomic E-state index is 12.9. The molecule has 6 unspecified atom stereocenters. The quantitative estimate of drug-likeness (QED) is 0.296. The van der Waals surface area contributed by atoms with Crippen molar-refractivity contribution < 1.29 is 26.3 Å². The Kier molecular flexibility index (Phi) is 6.67. The van der Waals surface area contributed by atoms with Crippen molar-refractivity contribution in [1.82, 2.24) is 0 Å². The van der Waals surface area contributed by atoms with Crippen molar-refractivity contribution >= 4 is 8.58 Å². The number of halogens is 6. The molecular formula is C22H35F6P. The van der Waals surface area contributed by atoms with Crippen LogP contribution >= 0.6 is 8.58 Å². The van der Waals surface area contributed by atoms with Crippen LogP contribution in [0, 0.1) is 34.5 Å². The molecule has 0 radical (unpaired) electrons. The van der Waals surface area contributed by atoms with Gasteiger partial charge in [-0.15, -0.1) is 8.58 Å². The van der Waals surface area contributed by atoms with Gasteiger partial charge in [0.15, 0.2) is 0 Å². The van der Waals surface area contributed by atoms with Gasteiger partial charge in [-0.2, -0.15) is 26.3 Å². The van der Waals surface area contributed by atoms with Crippen LogP contribution in [-0.2, 0) is 0 Å². The number of hydrogen-bond donors (Lipinski definition) is 0. The van der Waals surface area contributed by atoms with Gasteiger partial charge in [0, 0.05) is 12.8 Å². The van der Waals surface area contributed by atoms with Crippen LogP contribution in [0.4, 0.5) is 26.3 Å². The fourth-order valence-corrected chi connectivity index (χ4v) is 8.67. The highest BCUT2D eigenvalue weighted by Gasteiger charge is 2.64. The summed E-state index contributed by atoms with van der Waals surface area (Å²) in [4.78, 5) is 0. The smallest absolute Gasteiger partial charge is 0.171 e. The second-order valence-electron chi connectivity index (χ2n) is 10.7. The summed E-state index contributed by atoms with van der Waals surface area (Å²) in [5.41, 5.74) is 0.436. The lowest BCUT2D eigenvalue weighted by Gasteiger charge is -2.47. The summed E-state index contributed by atoms with van der Waals surface area (Å²) in [6.45, 7) is 6.37. The molecule has 3 aliphatic rings. The van der Waals surface area contributed by atoms with Gasteiger partial charge in [0.25, 0.3) is 0 Å². The van der Waals surface area contributed by atoms with E-state index in [1.54, 1.807) is 0 Å².